The van der Waals surface area contributed by atoms with Crippen molar-refractivity contribution in [3.63, 3.8) is 0 Å². The third-order valence-electron chi connectivity index (χ3n) is 4.74. The summed E-state index contributed by atoms with van der Waals surface area (Å²) in [7, 11) is 1.83. The summed E-state index contributed by atoms with van der Waals surface area (Å²) in [5.41, 5.74) is 0.625. The van der Waals surface area contributed by atoms with Crippen molar-refractivity contribution in [2.24, 2.45) is 0 Å². The number of fused-ring (bicyclic) bond motifs is 1. The molecule has 4 aromatic rings. The maximum atomic E-state index is 13.7. The second kappa shape index (κ2) is 7.64. The monoisotopic (exact) mass is 476 g/mol. The predicted octanol–water partition coefficient (Wildman–Crippen LogP) is 5.27. The van der Waals surface area contributed by atoms with Gasteiger partial charge in [0.2, 0.25) is 0 Å². The van der Waals surface area contributed by atoms with Crippen LogP contribution >= 0.6 is 27.3 Å². The number of rotatable bonds is 4. The maximum Gasteiger partial charge on any atom is 0.265 e. The SMILES string of the molecule is C[C@@H](c1ccc(F)c(F)c1)n1cnc2c(Br)cnc(N(C)c3cccs3)c2c1=O. The van der Waals surface area contributed by atoms with Crippen LogP contribution in [-0.4, -0.2) is 21.6 Å². The Morgan fingerprint density at radius 1 is 1.21 bits per heavy atom. The number of hydrogen-bond donors (Lipinski definition) is 0. The van der Waals surface area contributed by atoms with Crippen molar-refractivity contribution in [2.75, 3.05) is 11.9 Å². The fraction of sp³-hybridized carbons (Fsp3) is 0.150. The van der Waals surface area contributed by atoms with Gasteiger partial charge in [-0.3, -0.25) is 9.36 Å². The van der Waals surface area contributed by atoms with Crippen LogP contribution in [-0.2, 0) is 0 Å². The lowest BCUT2D eigenvalue weighted by atomic mass is 10.1. The molecule has 0 aliphatic heterocycles. The van der Waals surface area contributed by atoms with E-state index in [2.05, 4.69) is 25.9 Å². The first-order valence-electron chi connectivity index (χ1n) is 8.66. The summed E-state index contributed by atoms with van der Waals surface area (Å²) in [6.45, 7) is 1.73. The van der Waals surface area contributed by atoms with Crippen LogP contribution in [0.2, 0.25) is 0 Å². The van der Waals surface area contributed by atoms with Crippen molar-refractivity contribution in [1.29, 1.82) is 0 Å². The second-order valence-corrected chi connectivity index (χ2v) is 8.25. The van der Waals surface area contributed by atoms with Crippen molar-refractivity contribution in [2.45, 2.75) is 13.0 Å². The predicted molar refractivity (Wildman–Crippen MR) is 114 cm³/mol. The lowest BCUT2D eigenvalue weighted by Gasteiger charge is -2.20. The molecule has 0 bridgehead atoms. The molecule has 1 aromatic carbocycles. The molecule has 3 aromatic heterocycles. The first kappa shape index (κ1) is 19.7. The van der Waals surface area contributed by atoms with Gasteiger partial charge in [0, 0.05) is 13.2 Å². The summed E-state index contributed by atoms with van der Waals surface area (Å²) in [6.07, 6.45) is 3.02. The molecule has 0 aliphatic rings. The summed E-state index contributed by atoms with van der Waals surface area (Å²) in [6, 6.07) is 6.90. The fourth-order valence-corrected chi connectivity index (χ4v) is 4.22. The summed E-state index contributed by atoms with van der Waals surface area (Å²) >= 11 is 4.93. The standard InChI is InChI=1S/C20H15BrF2N4OS/c1-11(12-5-6-14(22)15(23)8-12)27-10-25-18-13(21)9-24-19(17(18)20(27)28)26(2)16-4-3-7-29-16/h3-11H,1-2H3/t11-/m0/s1. The average Bonchev–Trinajstić information content (AvgIpc) is 3.25. The zero-order valence-corrected chi connectivity index (χ0v) is 17.8. The molecule has 0 aliphatic carbocycles. The van der Waals surface area contributed by atoms with Crippen LogP contribution in [0.25, 0.3) is 10.9 Å². The van der Waals surface area contributed by atoms with Gasteiger partial charge in [0.25, 0.3) is 5.56 Å². The topological polar surface area (TPSA) is 51.0 Å². The number of pyridine rings is 1. The van der Waals surface area contributed by atoms with E-state index in [0.29, 0.717) is 26.8 Å². The highest BCUT2D eigenvalue weighted by molar-refractivity contribution is 9.10. The Bertz CT molecular complexity index is 1260. The van der Waals surface area contributed by atoms with E-state index in [9.17, 15) is 13.6 Å². The smallest absolute Gasteiger partial charge is 0.265 e. The van der Waals surface area contributed by atoms with Gasteiger partial charge < -0.3 is 4.90 Å². The molecular formula is C20H15BrF2N4OS. The number of halogens is 3. The van der Waals surface area contributed by atoms with Gasteiger partial charge in [-0.05, 0) is 58.1 Å². The van der Waals surface area contributed by atoms with E-state index in [4.69, 9.17) is 0 Å². The Morgan fingerprint density at radius 3 is 2.69 bits per heavy atom. The van der Waals surface area contributed by atoms with Crippen molar-refractivity contribution in [1.82, 2.24) is 14.5 Å². The average molecular weight is 477 g/mol. The minimum atomic E-state index is -0.960. The number of nitrogens with zero attached hydrogens (tertiary/aromatic N) is 4. The largest absolute Gasteiger partial charge is 0.320 e. The molecule has 4 rings (SSSR count). The third-order valence-corrected chi connectivity index (χ3v) is 6.27. The number of benzene rings is 1. The van der Waals surface area contributed by atoms with E-state index >= 15 is 0 Å². The molecule has 0 fully saturated rings. The second-order valence-electron chi connectivity index (χ2n) is 6.47. The summed E-state index contributed by atoms with van der Waals surface area (Å²) < 4.78 is 29.0. The van der Waals surface area contributed by atoms with Gasteiger partial charge in [-0.1, -0.05) is 6.07 Å². The first-order valence-corrected chi connectivity index (χ1v) is 10.3. The summed E-state index contributed by atoms with van der Waals surface area (Å²) in [5.74, 6) is -1.42. The third kappa shape index (κ3) is 3.44. The van der Waals surface area contributed by atoms with Gasteiger partial charge in [-0.25, -0.2) is 18.7 Å². The molecule has 0 amide bonds. The van der Waals surface area contributed by atoms with E-state index in [1.54, 1.807) is 13.1 Å². The molecule has 9 heteroatoms. The van der Waals surface area contributed by atoms with Gasteiger partial charge in [-0.15, -0.1) is 11.3 Å². The highest BCUT2D eigenvalue weighted by Gasteiger charge is 2.20. The van der Waals surface area contributed by atoms with Crippen LogP contribution in [0.1, 0.15) is 18.5 Å². The van der Waals surface area contributed by atoms with Gasteiger partial charge in [0.1, 0.15) is 11.2 Å². The van der Waals surface area contributed by atoms with Gasteiger partial charge >= 0.3 is 0 Å². The van der Waals surface area contributed by atoms with Crippen molar-refractivity contribution in [3.8, 4) is 0 Å². The molecule has 3 heterocycles. The number of aromatic nitrogens is 3. The zero-order valence-electron chi connectivity index (χ0n) is 15.4. The molecule has 0 unspecified atom stereocenters. The highest BCUT2D eigenvalue weighted by atomic mass is 79.9. The van der Waals surface area contributed by atoms with Gasteiger partial charge in [-0.2, -0.15) is 0 Å². The van der Waals surface area contributed by atoms with Crippen molar-refractivity contribution < 1.29 is 8.78 Å². The van der Waals surface area contributed by atoms with Crippen LogP contribution in [0.4, 0.5) is 19.6 Å². The van der Waals surface area contributed by atoms with Crippen molar-refractivity contribution in [3.05, 3.63) is 80.3 Å². The molecule has 148 valence electrons. The molecule has 5 nitrogen and oxygen atoms in total. The highest BCUT2D eigenvalue weighted by Crippen LogP contribution is 2.32. The molecule has 0 saturated heterocycles. The number of thiophene rings is 1. The Hall–Kier alpha value is -2.65. The number of anilines is 2. The molecule has 1 atom stereocenters. The van der Waals surface area contributed by atoms with Gasteiger partial charge in [0.05, 0.1) is 27.4 Å². The summed E-state index contributed by atoms with van der Waals surface area (Å²) in [4.78, 5) is 24.1. The van der Waals surface area contributed by atoms with E-state index in [-0.39, 0.29) is 5.56 Å². The van der Waals surface area contributed by atoms with Crippen LogP contribution in [0.15, 0.2) is 57.5 Å². The fourth-order valence-electron chi connectivity index (χ4n) is 3.12. The Labute approximate surface area is 177 Å². The van der Waals surface area contributed by atoms with Crippen LogP contribution in [0, 0.1) is 11.6 Å². The minimum absolute atomic E-state index is 0.320. The molecule has 0 N–H and O–H groups in total. The van der Waals surface area contributed by atoms with E-state index in [1.807, 2.05) is 29.5 Å². The van der Waals surface area contributed by atoms with Crippen LogP contribution in [0.5, 0.6) is 0 Å². The lowest BCUT2D eigenvalue weighted by Crippen LogP contribution is -2.26. The Balaban J connectivity index is 1.91. The van der Waals surface area contributed by atoms with Crippen molar-refractivity contribution >= 4 is 49.0 Å². The molecular weight excluding hydrogens is 462 g/mol. The minimum Gasteiger partial charge on any atom is -0.320 e. The summed E-state index contributed by atoms with van der Waals surface area (Å²) in [5, 5.41) is 3.20. The quantitative estimate of drug-likeness (QED) is 0.402. The van der Waals surface area contributed by atoms with Crippen LogP contribution in [0.3, 0.4) is 0 Å². The molecule has 0 saturated carbocycles. The molecule has 0 radical (unpaired) electrons. The molecule has 29 heavy (non-hydrogen) atoms. The first-order chi connectivity index (χ1) is 13.9. The normalized spacial score (nSPS) is 12.3. The number of hydrogen-bond acceptors (Lipinski definition) is 5. The van der Waals surface area contributed by atoms with E-state index in [0.717, 1.165) is 17.1 Å². The lowest BCUT2D eigenvalue weighted by molar-refractivity contribution is 0.502. The van der Waals surface area contributed by atoms with Gasteiger partial charge in [0.15, 0.2) is 11.6 Å². The Morgan fingerprint density at radius 2 is 2.00 bits per heavy atom. The van der Waals surface area contributed by atoms with E-state index in [1.165, 1.54) is 28.3 Å². The van der Waals surface area contributed by atoms with Crippen LogP contribution < -0.4 is 10.5 Å². The molecule has 0 spiro atoms. The van der Waals surface area contributed by atoms with E-state index < -0.39 is 17.7 Å². The zero-order chi connectivity index (χ0) is 20.7. The maximum absolute atomic E-state index is 13.7. The Kier molecular flexibility index (Phi) is 5.18.